The summed E-state index contributed by atoms with van der Waals surface area (Å²) in [5.41, 5.74) is 1.86. The van der Waals surface area contributed by atoms with Gasteiger partial charge in [-0.05, 0) is 36.8 Å². The average Bonchev–Trinajstić information content (AvgIpc) is 2.52. The molecule has 0 aliphatic rings. The van der Waals surface area contributed by atoms with Crippen LogP contribution in [0.1, 0.15) is 35.0 Å². The number of phenols is 1. The molecule has 2 rings (SSSR count). The van der Waals surface area contributed by atoms with E-state index in [9.17, 15) is 14.7 Å². The smallest absolute Gasteiger partial charge is 0.251 e. The summed E-state index contributed by atoms with van der Waals surface area (Å²) in [4.78, 5) is 27.9. The van der Waals surface area contributed by atoms with E-state index in [1.54, 1.807) is 44.2 Å². The maximum atomic E-state index is 12.2. The molecular formula is C17H19N3O3. The monoisotopic (exact) mass is 313 g/mol. The van der Waals surface area contributed by atoms with E-state index in [0.29, 0.717) is 30.0 Å². The molecule has 1 heterocycles. The normalized spacial score (nSPS) is 10.2. The van der Waals surface area contributed by atoms with E-state index in [1.165, 1.54) is 0 Å². The maximum Gasteiger partial charge on any atom is 0.251 e. The first kappa shape index (κ1) is 16.5. The van der Waals surface area contributed by atoms with Crippen molar-refractivity contribution in [3.8, 4) is 5.75 Å². The van der Waals surface area contributed by atoms with Crippen LogP contribution < -0.4 is 10.6 Å². The zero-order valence-corrected chi connectivity index (χ0v) is 13.1. The van der Waals surface area contributed by atoms with Gasteiger partial charge in [-0.3, -0.25) is 9.59 Å². The van der Waals surface area contributed by atoms with Crippen LogP contribution in [-0.2, 0) is 11.3 Å². The first-order valence-electron chi connectivity index (χ1n) is 7.32. The second-order valence-corrected chi connectivity index (χ2v) is 5.14. The number of phenolic OH excluding ortho intramolecular Hbond substituents is 1. The minimum Gasteiger partial charge on any atom is -0.508 e. The highest BCUT2D eigenvalue weighted by atomic mass is 16.3. The first-order chi connectivity index (χ1) is 11.0. The molecule has 0 fully saturated rings. The van der Waals surface area contributed by atoms with Crippen LogP contribution in [0.15, 0.2) is 36.4 Å². The third kappa shape index (κ3) is 4.81. The minimum absolute atomic E-state index is 0.154. The number of anilines is 1. The van der Waals surface area contributed by atoms with Gasteiger partial charge in [0.15, 0.2) is 0 Å². The Morgan fingerprint density at radius 1 is 1.22 bits per heavy atom. The van der Waals surface area contributed by atoms with Gasteiger partial charge in [0.2, 0.25) is 5.91 Å². The van der Waals surface area contributed by atoms with E-state index >= 15 is 0 Å². The SMILES string of the molecule is CCC(=O)Nc1cc(C(=O)NCc2cccc(O)c2)cc(C)n1. The largest absolute Gasteiger partial charge is 0.508 e. The summed E-state index contributed by atoms with van der Waals surface area (Å²) in [6.45, 7) is 3.80. The van der Waals surface area contributed by atoms with Crippen LogP contribution in [0, 0.1) is 6.92 Å². The molecule has 0 bridgehead atoms. The van der Waals surface area contributed by atoms with Gasteiger partial charge in [0.05, 0.1) is 0 Å². The highest BCUT2D eigenvalue weighted by Gasteiger charge is 2.10. The third-order valence-electron chi connectivity index (χ3n) is 3.17. The van der Waals surface area contributed by atoms with Crippen LogP contribution >= 0.6 is 0 Å². The lowest BCUT2D eigenvalue weighted by Crippen LogP contribution is -2.23. The number of carbonyl (C=O) groups is 2. The van der Waals surface area contributed by atoms with Crippen LogP contribution in [0.3, 0.4) is 0 Å². The molecule has 1 aromatic carbocycles. The summed E-state index contributed by atoms with van der Waals surface area (Å²) in [6, 6.07) is 9.87. The number of rotatable bonds is 5. The fraction of sp³-hybridized carbons (Fsp3) is 0.235. The molecule has 6 heteroatoms. The molecule has 0 saturated carbocycles. The van der Waals surface area contributed by atoms with Crippen molar-refractivity contribution in [2.24, 2.45) is 0 Å². The molecule has 0 aliphatic heterocycles. The van der Waals surface area contributed by atoms with Gasteiger partial charge in [-0.2, -0.15) is 0 Å². The van der Waals surface area contributed by atoms with E-state index in [4.69, 9.17) is 0 Å². The fourth-order valence-electron chi connectivity index (χ4n) is 2.05. The highest BCUT2D eigenvalue weighted by molar-refractivity contribution is 5.96. The topological polar surface area (TPSA) is 91.3 Å². The average molecular weight is 313 g/mol. The lowest BCUT2D eigenvalue weighted by atomic mass is 10.2. The molecule has 0 unspecified atom stereocenters. The van der Waals surface area contributed by atoms with Crippen molar-refractivity contribution in [1.82, 2.24) is 10.3 Å². The summed E-state index contributed by atoms with van der Waals surface area (Å²) in [7, 11) is 0. The Hall–Kier alpha value is -2.89. The summed E-state index contributed by atoms with van der Waals surface area (Å²) in [5, 5.41) is 14.8. The Morgan fingerprint density at radius 2 is 2.00 bits per heavy atom. The molecule has 0 atom stereocenters. The van der Waals surface area contributed by atoms with E-state index in [1.807, 2.05) is 6.07 Å². The predicted octanol–water partition coefficient (Wildman–Crippen LogP) is 2.37. The maximum absolute atomic E-state index is 12.2. The number of aromatic nitrogens is 1. The Labute approximate surface area is 134 Å². The lowest BCUT2D eigenvalue weighted by molar-refractivity contribution is -0.115. The molecule has 2 aromatic rings. The van der Waals surface area contributed by atoms with Crippen molar-refractivity contribution in [3.63, 3.8) is 0 Å². The Kier molecular flexibility index (Phi) is 5.30. The Balaban J connectivity index is 2.08. The van der Waals surface area contributed by atoms with Crippen molar-refractivity contribution >= 4 is 17.6 Å². The van der Waals surface area contributed by atoms with Gasteiger partial charge in [0, 0.05) is 24.2 Å². The summed E-state index contributed by atoms with van der Waals surface area (Å²) in [5.74, 6) is 0.0838. The number of hydrogen-bond acceptors (Lipinski definition) is 4. The molecule has 3 N–H and O–H groups in total. The molecule has 23 heavy (non-hydrogen) atoms. The van der Waals surface area contributed by atoms with Crippen LogP contribution in [-0.4, -0.2) is 21.9 Å². The van der Waals surface area contributed by atoms with Gasteiger partial charge in [-0.25, -0.2) is 4.98 Å². The highest BCUT2D eigenvalue weighted by Crippen LogP contribution is 2.13. The minimum atomic E-state index is -0.272. The zero-order chi connectivity index (χ0) is 16.8. The van der Waals surface area contributed by atoms with Crippen molar-refractivity contribution in [3.05, 3.63) is 53.2 Å². The van der Waals surface area contributed by atoms with Crippen LogP contribution in [0.4, 0.5) is 5.82 Å². The molecule has 0 radical (unpaired) electrons. The van der Waals surface area contributed by atoms with Crippen LogP contribution in [0.2, 0.25) is 0 Å². The van der Waals surface area contributed by atoms with Gasteiger partial charge < -0.3 is 15.7 Å². The molecule has 120 valence electrons. The zero-order valence-electron chi connectivity index (χ0n) is 13.1. The molecule has 0 aliphatic carbocycles. The Bertz CT molecular complexity index is 729. The summed E-state index contributed by atoms with van der Waals surface area (Å²) < 4.78 is 0. The van der Waals surface area contributed by atoms with Crippen LogP contribution in [0.5, 0.6) is 5.75 Å². The number of nitrogens with zero attached hydrogens (tertiary/aromatic N) is 1. The van der Waals surface area contributed by atoms with Crippen molar-refractivity contribution in [2.75, 3.05) is 5.32 Å². The van der Waals surface area contributed by atoms with E-state index < -0.39 is 0 Å². The van der Waals surface area contributed by atoms with E-state index in [-0.39, 0.29) is 17.6 Å². The van der Waals surface area contributed by atoms with Gasteiger partial charge in [-0.15, -0.1) is 0 Å². The number of aryl methyl sites for hydroxylation is 1. The summed E-state index contributed by atoms with van der Waals surface area (Å²) >= 11 is 0. The lowest BCUT2D eigenvalue weighted by Gasteiger charge is -2.09. The third-order valence-corrected chi connectivity index (χ3v) is 3.17. The number of benzene rings is 1. The second-order valence-electron chi connectivity index (χ2n) is 5.14. The fourth-order valence-corrected chi connectivity index (χ4v) is 2.05. The second kappa shape index (κ2) is 7.40. The van der Waals surface area contributed by atoms with Crippen molar-refractivity contribution in [1.29, 1.82) is 0 Å². The molecular weight excluding hydrogens is 294 g/mol. The van der Waals surface area contributed by atoms with E-state index in [2.05, 4.69) is 15.6 Å². The molecule has 0 spiro atoms. The van der Waals surface area contributed by atoms with Crippen molar-refractivity contribution < 1.29 is 14.7 Å². The van der Waals surface area contributed by atoms with Crippen LogP contribution in [0.25, 0.3) is 0 Å². The molecule has 0 saturated heterocycles. The summed E-state index contributed by atoms with van der Waals surface area (Å²) in [6.07, 6.45) is 0.342. The number of pyridine rings is 1. The van der Waals surface area contributed by atoms with E-state index in [0.717, 1.165) is 5.56 Å². The van der Waals surface area contributed by atoms with Gasteiger partial charge in [-0.1, -0.05) is 19.1 Å². The Morgan fingerprint density at radius 3 is 2.70 bits per heavy atom. The van der Waals surface area contributed by atoms with Gasteiger partial charge >= 0.3 is 0 Å². The molecule has 1 aromatic heterocycles. The predicted molar refractivity (Wildman–Crippen MR) is 87.2 cm³/mol. The quantitative estimate of drug-likeness (QED) is 0.790. The number of hydrogen-bond donors (Lipinski definition) is 3. The number of carbonyl (C=O) groups excluding carboxylic acids is 2. The molecule has 6 nitrogen and oxygen atoms in total. The number of aromatic hydroxyl groups is 1. The number of nitrogens with one attached hydrogen (secondary N) is 2. The number of amides is 2. The van der Waals surface area contributed by atoms with Crippen molar-refractivity contribution in [2.45, 2.75) is 26.8 Å². The standard InChI is InChI=1S/C17H19N3O3/c1-3-16(22)20-15-9-13(7-11(2)19-15)17(23)18-10-12-5-4-6-14(21)8-12/h4-9,21H,3,10H2,1-2H3,(H,18,23)(H,19,20,22). The first-order valence-corrected chi connectivity index (χ1v) is 7.32. The molecule has 2 amide bonds. The van der Waals surface area contributed by atoms with Gasteiger partial charge in [0.25, 0.3) is 5.91 Å². The van der Waals surface area contributed by atoms with Gasteiger partial charge in [0.1, 0.15) is 11.6 Å².